The topological polar surface area (TPSA) is 40.7 Å². The molecule has 2 N–H and O–H groups in total. The van der Waals surface area contributed by atoms with Gasteiger partial charge in [0.2, 0.25) is 0 Å². The average molecular weight is 295 g/mol. The number of rotatable bonds is 3. The molecule has 0 aliphatic heterocycles. The smallest absolute Gasteiger partial charge is 0.131 e. The molecule has 114 valence electrons. The van der Waals surface area contributed by atoms with Gasteiger partial charge in [0.1, 0.15) is 16.3 Å². The molecule has 0 atom stereocenters. The number of aromatic nitrogens is 2. The quantitative estimate of drug-likeness (QED) is 0.765. The van der Waals surface area contributed by atoms with Crippen molar-refractivity contribution in [1.29, 1.82) is 0 Å². The van der Waals surface area contributed by atoms with E-state index in [1.165, 1.54) is 0 Å². The molecule has 0 aromatic carbocycles. The number of nitrogens with zero attached hydrogens (tertiary/aromatic N) is 1. The van der Waals surface area contributed by atoms with Gasteiger partial charge in [0.15, 0.2) is 0 Å². The van der Waals surface area contributed by atoms with E-state index in [0.717, 1.165) is 18.1 Å². The lowest BCUT2D eigenvalue weighted by atomic mass is 9.82. The highest BCUT2D eigenvalue weighted by atomic mass is 32.1. The minimum Gasteiger partial charge on any atom is -0.367 e. The van der Waals surface area contributed by atoms with E-state index < -0.39 is 0 Å². The molecule has 0 aliphatic rings. The van der Waals surface area contributed by atoms with Crippen molar-refractivity contribution < 1.29 is 0 Å². The van der Waals surface area contributed by atoms with Crippen LogP contribution in [0.25, 0.3) is 0 Å². The van der Waals surface area contributed by atoms with Gasteiger partial charge in [-0.25, -0.2) is 4.98 Å². The summed E-state index contributed by atoms with van der Waals surface area (Å²) in [6, 6.07) is 1.90. The first kappa shape index (κ1) is 17.2. The maximum atomic E-state index is 5.28. The standard InChI is InChI=1S/C16H29N3S/c1-14(2,3)10-16(7,8)19-11-9-12(20)18-13(17-11)15(4,5)6/h9H,10H2,1-8H3,(H2,17,18,19,20). The Morgan fingerprint density at radius 2 is 1.65 bits per heavy atom. The predicted octanol–water partition coefficient (Wildman–Crippen LogP) is 5.06. The van der Waals surface area contributed by atoms with Crippen molar-refractivity contribution in [1.82, 2.24) is 9.97 Å². The molecule has 0 fully saturated rings. The van der Waals surface area contributed by atoms with Crippen LogP contribution in [-0.2, 0) is 5.41 Å². The summed E-state index contributed by atoms with van der Waals surface area (Å²) in [5, 5.41) is 3.57. The maximum absolute atomic E-state index is 5.28. The summed E-state index contributed by atoms with van der Waals surface area (Å²) in [4.78, 5) is 7.81. The number of hydrogen-bond donors (Lipinski definition) is 2. The van der Waals surface area contributed by atoms with Gasteiger partial charge in [-0.2, -0.15) is 0 Å². The second kappa shape index (κ2) is 5.47. The van der Waals surface area contributed by atoms with E-state index in [4.69, 9.17) is 12.2 Å². The normalized spacial score (nSPS) is 13.4. The lowest BCUT2D eigenvalue weighted by Gasteiger charge is -2.34. The van der Waals surface area contributed by atoms with Crippen LogP contribution in [0.4, 0.5) is 5.82 Å². The van der Waals surface area contributed by atoms with Crippen LogP contribution in [0.1, 0.15) is 67.6 Å². The Morgan fingerprint density at radius 3 is 2.10 bits per heavy atom. The molecular weight excluding hydrogens is 266 g/mol. The summed E-state index contributed by atoms with van der Waals surface area (Å²) in [6.07, 6.45) is 1.06. The SMILES string of the molecule is CC(C)(C)CC(C)(C)Nc1cc(=S)nc(C(C)(C)C)[nH]1. The van der Waals surface area contributed by atoms with Gasteiger partial charge in [0.25, 0.3) is 0 Å². The zero-order valence-corrected chi connectivity index (χ0v) is 15.0. The Kier molecular flexibility index (Phi) is 4.69. The van der Waals surface area contributed by atoms with Crippen LogP contribution in [0, 0.1) is 10.1 Å². The third kappa shape index (κ3) is 5.61. The van der Waals surface area contributed by atoms with Crippen LogP contribution in [-0.4, -0.2) is 15.5 Å². The van der Waals surface area contributed by atoms with E-state index in [0.29, 0.717) is 4.64 Å². The van der Waals surface area contributed by atoms with Gasteiger partial charge in [0.05, 0.1) is 0 Å². The molecule has 0 unspecified atom stereocenters. The summed E-state index contributed by atoms with van der Waals surface area (Å²) >= 11 is 5.28. The zero-order valence-electron chi connectivity index (χ0n) is 14.1. The first-order valence-corrected chi connectivity index (χ1v) is 7.59. The number of hydrogen-bond acceptors (Lipinski definition) is 3. The van der Waals surface area contributed by atoms with Crippen LogP contribution >= 0.6 is 12.2 Å². The highest BCUT2D eigenvalue weighted by molar-refractivity contribution is 7.71. The van der Waals surface area contributed by atoms with E-state index in [-0.39, 0.29) is 16.4 Å². The molecular formula is C16H29N3S. The Balaban J connectivity index is 3.04. The van der Waals surface area contributed by atoms with E-state index in [1.54, 1.807) is 0 Å². The first-order chi connectivity index (χ1) is 8.78. The fourth-order valence-electron chi connectivity index (χ4n) is 2.61. The largest absolute Gasteiger partial charge is 0.367 e. The van der Waals surface area contributed by atoms with Gasteiger partial charge >= 0.3 is 0 Å². The Labute approximate surface area is 128 Å². The Morgan fingerprint density at radius 1 is 1.10 bits per heavy atom. The molecule has 0 saturated carbocycles. The van der Waals surface area contributed by atoms with Gasteiger partial charge in [0, 0.05) is 17.0 Å². The summed E-state index contributed by atoms with van der Waals surface area (Å²) in [5.74, 6) is 1.86. The lowest BCUT2D eigenvalue weighted by molar-refractivity contribution is 0.302. The van der Waals surface area contributed by atoms with Crippen LogP contribution < -0.4 is 5.32 Å². The number of H-pyrrole nitrogens is 1. The van der Waals surface area contributed by atoms with Crippen LogP contribution in [0.2, 0.25) is 0 Å². The van der Waals surface area contributed by atoms with E-state index in [9.17, 15) is 0 Å². The minimum absolute atomic E-state index is 0.00691. The minimum atomic E-state index is -0.0422. The Hall–Kier alpha value is -0.900. The van der Waals surface area contributed by atoms with Crippen molar-refractivity contribution in [2.75, 3.05) is 5.32 Å². The van der Waals surface area contributed by atoms with Crippen molar-refractivity contribution in [3.8, 4) is 0 Å². The fraction of sp³-hybridized carbons (Fsp3) is 0.750. The number of nitrogens with one attached hydrogen (secondary N) is 2. The van der Waals surface area contributed by atoms with Crippen LogP contribution in [0.15, 0.2) is 6.07 Å². The third-order valence-electron chi connectivity index (χ3n) is 2.90. The fourth-order valence-corrected chi connectivity index (χ4v) is 2.82. The first-order valence-electron chi connectivity index (χ1n) is 7.19. The monoisotopic (exact) mass is 295 g/mol. The molecule has 1 rings (SSSR count). The third-order valence-corrected chi connectivity index (χ3v) is 3.11. The van der Waals surface area contributed by atoms with Gasteiger partial charge < -0.3 is 10.3 Å². The van der Waals surface area contributed by atoms with Gasteiger partial charge in [-0.3, -0.25) is 0 Å². The zero-order chi connectivity index (χ0) is 15.8. The van der Waals surface area contributed by atoms with E-state index in [1.807, 2.05) is 6.07 Å². The van der Waals surface area contributed by atoms with Crippen LogP contribution in [0.5, 0.6) is 0 Å². The molecule has 3 nitrogen and oxygen atoms in total. The lowest BCUT2D eigenvalue weighted by Crippen LogP contribution is -2.36. The molecule has 0 amide bonds. The molecule has 1 aromatic rings. The molecule has 0 saturated heterocycles. The van der Waals surface area contributed by atoms with Crippen molar-refractivity contribution in [2.45, 2.75) is 72.8 Å². The second-order valence-corrected chi connectivity index (χ2v) is 8.90. The van der Waals surface area contributed by atoms with E-state index in [2.05, 4.69) is 70.7 Å². The maximum Gasteiger partial charge on any atom is 0.131 e. The molecule has 4 heteroatoms. The highest BCUT2D eigenvalue weighted by Gasteiger charge is 2.26. The molecule has 0 bridgehead atoms. The molecule has 0 radical (unpaired) electrons. The van der Waals surface area contributed by atoms with Gasteiger partial charge in [-0.1, -0.05) is 53.8 Å². The van der Waals surface area contributed by atoms with Gasteiger partial charge in [-0.05, 0) is 25.7 Å². The number of aromatic amines is 1. The van der Waals surface area contributed by atoms with Crippen LogP contribution in [0.3, 0.4) is 0 Å². The number of anilines is 1. The summed E-state index contributed by atoms with van der Waals surface area (Å²) in [5.41, 5.74) is 0.222. The molecule has 0 aliphatic carbocycles. The summed E-state index contributed by atoms with van der Waals surface area (Å²) < 4.78 is 0.628. The average Bonchev–Trinajstić information content (AvgIpc) is 2.09. The summed E-state index contributed by atoms with van der Waals surface area (Å²) in [7, 11) is 0. The molecule has 1 heterocycles. The van der Waals surface area contributed by atoms with Gasteiger partial charge in [-0.15, -0.1) is 0 Å². The summed E-state index contributed by atoms with van der Waals surface area (Å²) in [6.45, 7) is 17.6. The molecule has 1 aromatic heterocycles. The van der Waals surface area contributed by atoms with E-state index >= 15 is 0 Å². The van der Waals surface area contributed by atoms with Crippen molar-refractivity contribution in [2.24, 2.45) is 5.41 Å². The van der Waals surface area contributed by atoms with Crippen molar-refractivity contribution >= 4 is 18.0 Å². The van der Waals surface area contributed by atoms with Crippen molar-refractivity contribution in [3.05, 3.63) is 16.5 Å². The molecule has 20 heavy (non-hydrogen) atoms. The molecule has 0 spiro atoms. The Bertz CT molecular complexity index is 516. The second-order valence-electron chi connectivity index (χ2n) is 8.48. The highest BCUT2D eigenvalue weighted by Crippen LogP contribution is 2.29. The van der Waals surface area contributed by atoms with Crippen molar-refractivity contribution in [3.63, 3.8) is 0 Å². The predicted molar refractivity (Wildman–Crippen MR) is 89.9 cm³/mol.